The second-order valence-electron chi connectivity index (χ2n) is 4.77. The molecule has 1 unspecified atom stereocenters. The number of Topliss-reactive ketones (excluding diaryl/α,β-unsaturated/α-hetero) is 1. The second kappa shape index (κ2) is 5.30. The molecule has 0 bridgehead atoms. The van der Waals surface area contributed by atoms with Crippen molar-refractivity contribution in [2.24, 2.45) is 5.92 Å². The summed E-state index contributed by atoms with van der Waals surface area (Å²) in [5, 5.41) is 0. The average molecular weight is 235 g/mol. The zero-order chi connectivity index (χ0) is 12.3. The highest BCUT2D eigenvalue weighted by atomic mass is 19.1. The Hall–Kier alpha value is -1.38. The van der Waals surface area contributed by atoms with Crippen LogP contribution in [0.3, 0.4) is 0 Å². The number of rotatable bonds is 3. The Morgan fingerprint density at radius 2 is 2.24 bits per heavy atom. The molecular weight excluding hydrogens is 217 g/mol. The van der Waals surface area contributed by atoms with Crippen molar-refractivity contribution in [3.05, 3.63) is 30.1 Å². The predicted octanol–water partition coefficient (Wildman–Crippen LogP) is 3.02. The first-order valence-corrected chi connectivity index (χ1v) is 6.16. The number of carbonyl (C=O) groups is 1. The molecule has 1 aliphatic carbocycles. The van der Waals surface area contributed by atoms with Gasteiger partial charge in [-0.3, -0.25) is 4.79 Å². The van der Waals surface area contributed by atoms with Gasteiger partial charge >= 0.3 is 0 Å². The molecule has 0 N–H and O–H groups in total. The molecule has 0 spiro atoms. The lowest BCUT2D eigenvalue weighted by Crippen LogP contribution is -2.32. The molecule has 1 aromatic rings. The van der Waals surface area contributed by atoms with Crippen molar-refractivity contribution >= 4 is 11.5 Å². The highest BCUT2D eigenvalue weighted by Gasteiger charge is 2.23. The fourth-order valence-electron chi connectivity index (χ4n) is 2.40. The van der Waals surface area contributed by atoms with Crippen LogP contribution in [0.25, 0.3) is 0 Å². The Bertz CT molecular complexity index is 405. The van der Waals surface area contributed by atoms with Crippen LogP contribution in [0.1, 0.15) is 25.7 Å². The monoisotopic (exact) mass is 235 g/mol. The number of nitrogens with zero attached hydrogens (tertiary/aromatic N) is 1. The molecule has 3 heteroatoms. The number of hydrogen-bond donors (Lipinski definition) is 0. The van der Waals surface area contributed by atoms with Crippen LogP contribution >= 0.6 is 0 Å². The molecular formula is C14H18FNO. The highest BCUT2D eigenvalue weighted by Crippen LogP contribution is 2.23. The van der Waals surface area contributed by atoms with Gasteiger partial charge in [-0.15, -0.1) is 0 Å². The van der Waals surface area contributed by atoms with Crippen molar-refractivity contribution in [1.82, 2.24) is 0 Å². The van der Waals surface area contributed by atoms with Crippen LogP contribution < -0.4 is 4.90 Å². The van der Waals surface area contributed by atoms with Crippen LogP contribution in [0.2, 0.25) is 0 Å². The van der Waals surface area contributed by atoms with Crippen LogP contribution in [-0.4, -0.2) is 19.4 Å². The van der Waals surface area contributed by atoms with Crippen LogP contribution in [-0.2, 0) is 4.79 Å². The van der Waals surface area contributed by atoms with Gasteiger partial charge in [-0.05, 0) is 31.0 Å². The predicted molar refractivity (Wildman–Crippen MR) is 66.6 cm³/mol. The summed E-state index contributed by atoms with van der Waals surface area (Å²) in [6, 6.07) is 6.51. The Kier molecular flexibility index (Phi) is 3.77. The number of benzene rings is 1. The van der Waals surface area contributed by atoms with Crippen molar-refractivity contribution in [1.29, 1.82) is 0 Å². The van der Waals surface area contributed by atoms with Gasteiger partial charge in [0.15, 0.2) is 0 Å². The molecule has 0 radical (unpaired) electrons. The van der Waals surface area contributed by atoms with Gasteiger partial charge in [-0.1, -0.05) is 12.5 Å². The maximum atomic E-state index is 13.1. The molecule has 0 saturated heterocycles. The summed E-state index contributed by atoms with van der Waals surface area (Å²) in [5.41, 5.74) is 0.836. The molecule has 0 aromatic heterocycles. The van der Waals surface area contributed by atoms with Gasteiger partial charge in [0.1, 0.15) is 11.6 Å². The minimum Gasteiger partial charge on any atom is -0.374 e. The number of ketones is 1. The molecule has 1 saturated carbocycles. The zero-order valence-corrected chi connectivity index (χ0v) is 10.2. The standard InChI is InChI=1S/C14H18FNO/c1-16(13-7-4-6-12(15)9-13)10-11-5-2-3-8-14(11)17/h4,6-7,9,11H,2-3,5,8,10H2,1H3. The van der Waals surface area contributed by atoms with Gasteiger partial charge in [-0.25, -0.2) is 4.39 Å². The number of hydrogen-bond acceptors (Lipinski definition) is 2. The van der Waals surface area contributed by atoms with E-state index in [-0.39, 0.29) is 11.7 Å². The molecule has 1 aliphatic rings. The first kappa shape index (κ1) is 12.1. The van der Waals surface area contributed by atoms with Gasteiger partial charge in [0, 0.05) is 31.6 Å². The lowest BCUT2D eigenvalue weighted by Gasteiger charge is -2.27. The van der Waals surface area contributed by atoms with Crippen molar-refractivity contribution in [3.63, 3.8) is 0 Å². The summed E-state index contributed by atoms with van der Waals surface area (Å²) >= 11 is 0. The lowest BCUT2D eigenvalue weighted by atomic mass is 9.87. The third-order valence-corrected chi connectivity index (χ3v) is 3.42. The fraction of sp³-hybridized carbons (Fsp3) is 0.500. The van der Waals surface area contributed by atoms with E-state index in [4.69, 9.17) is 0 Å². The van der Waals surface area contributed by atoms with E-state index in [2.05, 4.69) is 0 Å². The van der Waals surface area contributed by atoms with Crippen LogP contribution in [0.5, 0.6) is 0 Å². The van der Waals surface area contributed by atoms with Crippen LogP contribution in [0.4, 0.5) is 10.1 Å². The zero-order valence-electron chi connectivity index (χ0n) is 10.2. The average Bonchev–Trinajstić information content (AvgIpc) is 2.32. The van der Waals surface area contributed by atoms with E-state index in [1.54, 1.807) is 6.07 Å². The summed E-state index contributed by atoms with van der Waals surface area (Å²) in [4.78, 5) is 13.7. The number of anilines is 1. The lowest BCUT2D eigenvalue weighted by molar-refractivity contribution is -0.124. The molecule has 1 atom stereocenters. The largest absolute Gasteiger partial charge is 0.374 e. The normalized spacial score (nSPS) is 20.4. The highest BCUT2D eigenvalue weighted by molar-refractivity contribution is 5.82. The maximum Gasteiger partial charge on any atom is 0.137 e. The van der Waals surface area contributed by atoms with E-state index >= 15 is 0 Å². The Labute approximate surface area is 101 Å². The van der Waals surface area contributed by atoms with Crippen molar-refractivity contribution in [2.75, 3.05) is 18.5 Å². The van der Waals surface area contributed by atoms with Crippen molar-refractivity contribution in [2.45, 2.75) is 25.7 Å². The fourth-order valence-corrected chi connectivity index (χ4v) is 2.40. The topological polar surface area (TPSA) is 20.3 Å². The quantitative estimate of drug-likeness (QED) is 0.802. The minimum atomic E-state index is -0.232. The van der Waals surface area contributed by atoms with Crippen molar-refractivity contribution < 1.29 is 9.18 Å². The van der Waals surface area contributed by atoms with Gasteiger partial charge in [0.25, 0.3) is 0 Å². The Balaban J connectivity index is 2.00. The van der Waals surface area contributed by atoms with Crippen LogP contribution in [0, 0.1) is 11.7 Å². The molecule has 17 heavy (non-hydrogen) atoms. The molecule has 1 aromatic carbocycles. The summed E-state index contributed by atoms with van der Waals surface area (Å²) in [6.45, 7) is 0.697. The summed E-state index contributed by atoms with van der Waals surface area (Å²) in [6.07, 6.45) is 3.84. The maximum absolute atomic E-state index is 13.1. The Morgan fingerprint density at radius 3 is 2.94 bits per heavy atom. The van der Waals surface area contributed by atoms with Crippen molar-refractivity contribution in [3.8, 4) is 0 Å². The van der Waals surface area contributed by atoms with Gasteiger partial charge in [0.2, 0.25) is 0 Å². The summed E-state index contributed by atoms with van der Waals surface area (Å²) in [7, 11) is 1.91. The molecule has 1 fully saturated rings. The van der Waals surface area contributed by atoms with E-state index in [1.165, 1.54) is 12.1 Å². The summed E-state index contributed by atoms with van der Waals surface area (Å²) < 4.78 is 13.1. The number of carbonyl (C=O) groups excluding carboxylic acids is 1. The van der Waals surface area contributed by atoms with E-state index in [1.807, 2.05) is 18.0 Å². The smallest absolute Gasteiger partial charge is 0.137 e. The van der Waals surface area contributed by atoms with Gasteiger partial charge < -0.3 is 4.90 Å². The van der Waals surface area contributed by atoms with E-state index in [0.717, 1.165) is 24.9 Å². The third kappa shape index (κ3) is 3.05. The van der Waals surface area contributed by atoms with E-state index < -0.39 is 0 Å². The van der Waals surface area contributed by atoms with Gasteiger partial charge in [-0.2, -0.15) is 0 Å². The Morgan fingerprint density at radius 1 is 1.41 bits per heavy atom. The first-order chi connectivity index (χ1) is 8.16. The van der Waals surface area contributed by atoms with E-state index in [0.29, 0.717) is 18.7 Å². The molecule has 92 valence electrons. The van der Waals surface area contributed by atoms with Gasteiger partial charge in [0.05, 0.1) is 0 Å². The number of halogens is 1. The van der Waals surface area contributed by atoms with Crippen LogP contribution in [0.15, 0.2) is 24.3 Å². The van der Waals surface area contributed by atoms with E-state index in [9.17, 15) is 9.18 Å². The molecule has 0 amide bonds. The first-order valence-electron chi connectivity index (χ1n) is 6.16. The molecule has 2 nitrogen and oxygen atoms in total. The molecule has 2 rings (SSSR count). The molecule has 0 aliphatic heterocycles. The second-order valence-corrected chi connectivity index (χ2v) is 4.77. The summed E-state index contributed by atoms with van der Waals surface area (Å²) in [5.74, 6) is 0.251. The minimum absolute atomic E-state index is 0.122. The third-order valence-electron chi connectivity index (χ3n) is 3.42. The SMILES string of the molecule is CN(CC1CCCCC1=O)c1cccc(F)c1. The molecule has 0 heterocycles.